The summed E-state index contributed by atoms with van der Waals surface area (Å²) in [4.78, 5) is 39.5. The molecule has 0 aromatic carbocycles. The number of rotatable bonds is 2. The number of carbonyl (C=O) groups excluding carboxylic acids is 1. The summed E-state index contributed by atoms with van der Waals surface area (Å²) < 4.78 is 1.81. The molecule has 8 heteroatoms. The molecule has 162 valence electrons. The normalized spacial score (nSPS) is 31.4. The lowest BCUT2D eigenvalue weighted by atomic mass is 9.78. The summed E-state index contributed by atoms with van der Waals surface area (Å²) in [5.41, 5.74) is 6.80. The van der Waals surface area contributed by atoms with Crippen LogP contribution in [0, 0.1) is 17.8 Å². The number of nitrogens with zero attached hydrogens (tertiary/aromatic N) is 5. The van der Waals surface area contributed by atoms with Gasteiger partial charge in [-0.1, -0.05) is 12.5 Å². The highest BCUT2D eigenvalue weighted by atomic mass is 16.2. The molecule has 0 radical (unpaired) electrons. The van der Waals surface area contributed by atoms with E-state index in [0.29, 0.717) is 24.2 Å². The molecule has 2 N–H and O–H groups in total. The maximum atomic E-state index is 13.8. The minimum Gasteiger partial charge on any atom is -0.384 e. The Labute approximate surface area is 181 Å². The lowest BCUT2D eigenvalue weighted by molar-refractivity contribution is -0.136. The fraction of sp³-hybridized carbons (Fsp3) is 0.565. The molecule has 2 saturated heterocycles. The van der Waals surface area contributed by atoms with E-state index in [1.165, 1.54) is 25.6 Å². The van der Waals surface area contributed by atoms with Gasteiger partial charge in [0.05, 0.1) is 0 Å². The zero-order chi connectivity index (χ0) is 21.1. The Morgan fingerprint density at radius 1 is 1.03 bits per heavy atom. The Morgan fingerprint density at radius 2 is 1.84 bits per heavy atom. The average Bonchev–Trinajstić information content (AvgIpc) is 3.37. The quantitative estimate of drug-likeness (QED) is 0.793. The first-order valence-electron chi connectivity index (χ1n) is 11.4. The van der Waals surface area contributed by atoms with E-state index in [9.17, 15) is 9.59 Å². The molecule has 1 saturated carbocycles. The van der Waals surface area contributed by atoms with Gasteiger partial charge in [-0.15, -0.1) is 0 Å². The van der Waals surface area contributed by atoms with Crippen LogP contribution < -0.4 is 16.2 Å². The van der Waals surface area contributed by atoms with Crippen LogP contribution in [-0.2, 0) is 4.79 Å². The zero-order valence-corrected chi connectivity index (χ0v) is 17.6. The summed E-state index contributed by atoms with van der Waals surface area (Å²) in [6, 6.07) is 6.77. The number of anilines is 2. The highest BCUT2D eigenvalue weighted by molar-refractivity contribution is 5.82. The van der Waals surface area contributed by atoms with Crippen LogP contribution in [0.3, 0.4) is 0 Å². The number of piperidine rings is 1. The van der Waals surface area contributed by atoms with E-state index in [-0.39, 0.29) is 23.3 Å². The highest BCUT2D eigenvalue weighted by Crippen LogP contribution is 2.44. The van der Waals surface area contributed by atoms with Crippen LogP contribution in [-0.4, -0.2) is 51.5 Å². The summed E-state index contributed by atoms with van der Waals surface area (Å²) in [7, 11) is 0. The van der Waals surface area contributed by atoms with Crippen LogP contribution in [0.15, 0.2) is 35.4 Å². The maximum Gasteiger partial charge on any atom is 0.251 e. The van der Waals surface area contributed by atoms with E-state index in [2.05, 4.69) is 14.9 Å². The molecule has 8 nitrogen and oxygen atoms in total. The third-order valence-electron chi connectivity index (χ3n) is 7.94. The van der Waals surface area contributed by atoms with Gasteiger partial charge in [-0.25, -0.2) is 9.97 Å². The Kier molecular flexibility index (Phi) is 4.30. The van der Waals surface area contributed by atoms with Gasteiger partial charge in [0.25, 0.3) is 5.56 Å². The fourth-order valence-corrected chi connectivity index (χ4v) is 6.57. The SMILES string of the molecule is Nc1cc(N2C[C@@H]3C[C@H](C2)[C@H](C(=O)N2C[C@H]4CCC[C@H]4C2)n2c3cccc2=O)ncn1. The molecule has 4 aliphatic rings. The van der Waals surface area contributed by atoms with Crippen molar-refractivity contribution in [2.45, 2.75) is 37.6 Å². The highest BCUT2D eigenvalue weighted by Gasteiger charge is 2.47. The lowest BCUT2D eigenvalue weighted by Gasteiger charge is -2.47. The van der Waals surface area contributed by atoms with Crippen LogP contribution in [0.2, 0.25) is 0 Å². The molecular weight excluding hydrogens is 392 g/mol. The summed E-state index contributed by atoms with van der Waals surface area (Å²) in [5, 5.41) is 0. The molecule has 3 fully saturated rings. The molecule has 1 aliphatic carbocycles. The number of likely N-dealkylation sites (tertiary alicyclic amines) is 1. The number of carbonyl (C=O) groups is 1. The summed E-state index contributed by atoms with van der Waals surface area (Å²) in [6.07, 6.45) is 6.13. The van der Waals surface area contributed by atoms with Crippen molar-refractivity contribution in [2.75, 3.05) is 36.8 Å². The largest absolute Gasteiger partial charge is 0.384 e. The molecule has 5 heterocycles. The zero-order valence-electron chi connectivity index (χ0n) is 17.6. The first-order chi connectivity index (χ1) is 15.1. The summed E-state index contributed by atoms with van der Waals surface area (Å²) in [6.45, 7) is 3.13. The molecule has 0 spiro atoms. The van der Waals surface area contributed by atoms with Gasteiger partial charge >= 0.3 is 0 Å². The van der Waals surface area contributed by atoms with E-state index in [1.54, 1.807) is 16.7 Å². The van der Waals surface area contributed by atoms with Crippen molar-refractivity contribution in [1.29, 1.82) is 0 Å². The number of nitrogen functional groups attached to an aromatic ring is 1. The van der Waals surface area contributed by atoms with Gasteiger partial charge in [0, 0.05) is 55.8 Å². The number of hydrogen-bond acceptors (Lipinski definition) is 6. The standard InChI is InChI=1S/C23H28N6O2/c24-19-8-20(26-13-25-19)27-11-16-7-17(12-27)22(29-18(16)5-2-6-21(29)30)23(31)28-9-14-3-1-4-15(14)10-28/h2,5-6,8,13-17,22H,1,3-4,7,9-12H2,(H2,24,25,26)/t14-,15+,16-,17+,22+/m0/s1. The van der Waals surface area contributed by atoms with E-state index < -0.39 is 6.04 Å². The second-order valence-corrected chi connectivity index (χ2v) is 9.70. The number of hydrogen-bond donors (Lipinski definition) is 1. The smallest absolute Gasteiger partial charge is 0.251 e. The molecule has 1 amide bonds. The van der Waals surface area contributed by atoms with E-state index in [4.69, 9.17) is 5.73 Å². The molecule has 6 rings (SSSR count). The van der Waals surface area contributed by atoms with Crippen LogP contribution in [0.1, 0.15) is 43.3 Å². The number of pyridine rings is 1. The van der Waals surface area contributed by atoms with Crippen molar-refractivity contribution in [3.05, 3.63) is 46.6 Å². The molecule has 2 bridgehead atoms. The van der Waals surface area contributed by atoms with Gasteiger partial charge in [0.2, 0.25) is 5.91 Å². The minimum atomic E-state index is -0.444. The number of amides is 1. The van der Waals surface area contributed by atoms with Crippen molar-refractivity contribution >= 4 is 17.5 Å². The molecule has 0 unspecified atom stereocenters. The Bertz CT molecular complexity index is 1070. The predicted molar refractivity (Wildman–Crippen MR) is 117 cm³/mol. The Morgan fingerprint density at radius 3 is 2.61 bits per heavy atom. The van der Waals surface area contributed by atoms with Crippen molar-refractivity contribution in [3.8, 4) is 0 Å². The minimum absolute atomic E-state index is 0.0651. The van der Waals surface area contributed by atoms with E-state index in [1.807, 2.05) is 17.0 Å². The topological polar surface area (TPSA) is 97.3 Å². The van der Waals surface area contributed by atoms with Gasteiger partial charge in [0.1, 0.15) is 24.0 Å². The molecule has 5 atom stereocenters. The number of fused-ring (bicyclic) bond motifs is 5. The third-order valence-corrected chi connectivity index (χ3v) is 7.94. The van der Waals surface area contributed by atoms with Crippen molar-refractivity contribution in [1.82, 2.24) is 19.4 Å². The van der Waals surface area contributed by atoms with Crippen LogP contribution in [0.25, 0.3) is 0 Å². The van der Waals surface area contributed by atoms with Gasteiger partial charge in [-0.05, 0) is 37.2 Å². The molecular formula is C23H28N6O2. The molecule has 2 aromatic rings. The molecule has 31 heavy (non-hydrogen) atoms. The second kappa shape index (κ2) is 7.07. The molecule has 2 aromatic heterocycles. The second-order valence-electron chi connectivity index (χ2n) is 9.70. The summed E-state index contributed by atoms with van der Waals surface area (Å²) in [5.74, 6) is 2.88. The first-order valence-corrected chi connectivity index (χ1v) is 11.4. The Balaban J connectivity index is 1.37. The van der Waals surface area contributed by atoms with Gasteiger partial charge in [-0.2, -0.15) is 0 Å². The first kappa shape index (κ1) is 18.8. The Hall–Kier alpha value is -2.90. The molecule has 3 aliphatic heterocycles. The fourth-order valence-electron chi connectivity index (χ4n) is 6.57. The van der Waals surface area contributed by atoms with Gasteiger partial charge in [0.15, 0.2) is 0 Å². The lowest BCUT2D eigenvalue weighted by Crippen LogP contribution is -2.54. The average molecular weight is 421 g/mol. The van der Waals surface area contributed by atoms with E-state index >= 15 is 0 Å². The van der Waals surface area contributed by atoms with Crippen LogP contribution in [0.5, 0.6) is 0 Å². The maximum absolute atomic E-state index is 13.8. The van der Waals surface area contributed by atoms with Crippen molar-refractivity contribution in [2.24, 2.45) is 17.8 Å². The predicted octanol–water partition coefficient (Wildman–Crippen LogP) is 1.64. The van der Waals surface area contributed by atoms with E-state index in [0.717, 1.165) is 37.6 Å². The van der Waals surface area contributed by atoms with Crippen molar-refractivity contribution in [3.63, 3.8) is 0 Å². The third kappa shape index (κ3) is 3.03. The number of nitrogens with two attached hydrogens (primary N) is 1. The van der Waals surface area contributed by atoms with Gasteiger partial charge in [-0.3, -0.25) is 14.2 Å². The summed E-state index contributed by atoms with van der Waals surface area (Å²) >= 11 is 0. The van der Waals surface area contributed by atoms with Crippen molar-refractivity contribution < 1.29 is 4.79 Å². The van der Waals surface area contributed by atoms with Crippen LogP contribution in [0.4, 0.5) is 11.6 Å². The number of aromatic nitrogens is 3. The monoisotopic (exact) mass is 420 g/mol. The van der Waals surface area contributed by atoms with Crippen LogP contribution >= 0.6 is 0 Å². The van der Waals surface area contributed by atoms with Gasteiger partial charge < -0.3 is 15.5 Å².